The van der Waals surface area contributed by atoms with Crippen LogP contribution in [0, 0.1) is 16.0 Å². The van der Waals surface area contributed by atoms with Crippen LogP contribution in [0.5, 0.6) is 5.75 Å². The minimum Gasteiger partial charge on any atom is -0.497 e. The van der Waals surface area contributed by atoms with Crippen molar-refractivity contribution in [1.29, 1.82) is 0 Å². The summed E-state index contributed by atoms with van der Waals surface area (Å²) in [5.74, 6) is -1.09. The summed E-state index contributed by atoms with van der Waals surface area (Å²) in [4.78, 5) is 23.3. The van der Waals surface area contributed by atoms with E-state index >= 15 is 0 Å². The SMILES string of the molecule is COc1ccc([C@@H]2[C@H]3CC[C@H](O)[C@]2([N+](=O)[O-])COC3=O)cc1. The standard InChI is InChI=1S/C15H17NO6/c1-21-10-4-2-9(3-5-10)13-11-6-7-12(17)15(13,16(19)20)8-22-14(11)18/h2-5,11-13,17H,6-8H2,1H3/t11-,12+,13-,15-/m1/s1. The lowest BCUT2D eigenvalue weighted by Crippen LogP contribution is -2.65. The highest BCUT2D eigenvalue weighted by molar-refractivity contribution is 5.76. The second-order valence-electron chi connectivity index (χ2n) is 5.81. The van der Waals surface area contributed by atoms with E-state index in [1.165, 1.54) is 7.11 Å². The predicted molar refractivity (Wildman–Crippen MR) is 75.2 cm³/mol. The zero-order valence-corrected chi connectivity index (χ0v) is 12.1. The number of nitro groups is 1. The molecule has 4 atom stereocenters. The predicted octanol–water partition coefficient (Wildman–Crippen LogP) is 1.12. The number of cyclic esters (lactones) is 1. The Bertz CT molecular complexity index is 601. The number of hydrogen-bond acceptors (Lipinski definition) is 6. The molecule has 1 aliphatic heterocycles. The van der Waals surface area contributed by atoms with Gasteiger partial charge in [-0.05, 0) is 30.5 Å². The number of ether oxygens (including phenoxy) is 2. The summed E-state index contributed by atoms with van der Waals surface area (Å²) in [6.07, 6.45) is -0.529. The molecule has 2 bridgehead atoms. The maximum absolute atomic E-state index is 12.0. The average molecular weight is 307 g/mol. The molecular formula is C15H17NO6. The number of carbonyl (C=O) groups is 1. The van der Waals surface area contributed by atoms with Gasteiger partial charge in [0.1, 0.15) is 11.9 Å². The Morgan fingerprint density at radius 1 is 1.36 bits per heavy atom. The lowest BCUT2D eigenvalue weighted by molar-refractivity contribution is -0.599. The van der Waals surface area contributed by atoms with Crippen LogP contribution in [0.2, 0.25) is 0 Å². The summed E-state index contributed by atoms with van der Waals surface area (Å²) in [5, 5.41) is 22.0. The first-order chi connectivity index (χ1) is 10.5. The third-order valence-corrected chi connectivity index (χ3v) is 4.83. The second-order valence-corrected chi connectivity index (χ2v) is 5.81. The normalized spacial score (nSPS) is 33.9. The highest BCUT2D eigenvalue weighted by Gasteiger charge is 2.66. The molecule has 1 saturated carbocycles. The van der Waals surface area contributed by atoms with Crippen molar-refractivity contribution in [2.45, 2.75) is 30.4 Å². The van der Waals surface area contributed by atoms with Crippen molar-refractivity contribution in [3.05, 3.63) is 39.9 Å². The second kappa shape index (κ2) is 5.24. The van der Waals surface area contributed by atoms with Gasteiger partial charge in [0.15, 0.2) is 6.61 Å². The van der Waals surface area contributed by atoms with Gasteiger partial charge in [0.2, 0.25) is 0 Å². The minimum absolute atomic E-state index is 0.230. The van der Waals surface area contributed by atoms with E-state index in [0.717, 1.165) is 0 Å². The molecular weight excluding hydrogens is 290 g/mol. The maximum atomic E-state index is 12.0. The Morgan fingerprint density at radius 3 is 2.64 bits per heavy atom. The van der Waals surface area contributed by atoms with Gasteiger partial charge >= 0.3 is 5.97 Å². The zero-order chi connectivity index (χ0) is 15.9. The molecule has 0 aromatic heterocycles. The van der Waals surface area contributed by atoms with Crippen molar-refractivity contribution in [2.24, 2.45) is 5.92 Å². The fourth-order valence-corrected chi connectivity index (χ4v) is 3.66. The van der Waals surface area contributed by atoms with Gasteiger partial charge in [0, 0.05) is 4.92 Å². The summed E-state index contributed by atoms with van der Waals surface area (Å²) in [6, 6.07) is 6.83. The molecule has 0 radical (unpaired) electrons. The van der Waals surface area contributed by atoms with Gasteiger partial charge in [0.05, 0.1) is 18.9 Å². The highest BCUT2D eigenvalue weighted by Crippen LogP contribution is 2.50. The van der Waals surface area contributed by atoms with E-state index in [-0.39, 0.29) is 6.42 Å². The molecule has 1 saturated heterocycles. The summed E-state index contributed by atoms with van der Waals surface area (Å²) < 4.78 is 10.1. The molecule has 1 aromatic carbocycles. The number of nitrogens with zero attached hydrogens (tertiary/aromatic N) is 1. The van der Waals surface area contributed by atoms with Crippen LogP contribution in [0.15, 0.2) is 24.3 Å². The van der Waals surface area contributed by atoms with Crippen LogP contribution in [0.3, 0.4) is 0 Å². The first-order valence-electron chi connectivity index (χ1n) is 7.14. The van der Waals surface area contributed by atoms with E-state index in [1.807, 2.05) is 0 Å². The molecule has 7 nitrogen and oxygen atoms in total. The van der Waals surface area contributed by atoms with Crippen molar-refractivity contribution in [2.75, 3.05) is 13.7 Å². The topological polar surface area (TPSA) is 98.9 Å². The van der Waals surface area contributed by atoms with Crippen molar-refractivity contribution in [3.63, 3.8) is 0 Å². The maximum Gasteiger partial charge on any atom is 0.310 e. The molecule has 1 aliphatic carbocycles. The first kappa shape index (κ1) is 14.8. The fourth-order valence-electron chi connectivity index (χ4n) is 3.66. The largest absolute Gasteiger partial charge is 0.497 e. The number of methoxy groups -OCH3 is 1. The van der Waals surface area contributed by atoms with E-state index in [2.05, 4.69) is 0 Å². The van der Waals surface area contributed by atoms with E-state index in [9.17, 15) is 20.0 Å². The van der Waals surface area contributed by atoms with Crippen LogP contribution >= 0.6 is 0 Å². The smallest absolute Gasteiger partial charge is 0.310 e. The molecule has 7 heteroatoms. The van der Waals surface area contributed by atoms with E-state index in [4.69, 9.17) is 9.47 Å². The quantitative estimate of drug-likeness (QED) is 0.510. The monoisotopic (exact) mass is 307 g/mol. The Hall–Kier alpha value is -2.15. The van der Waals surface area contributed by atoms with Gasteiger partial charge in [-0.2, -0.15) is 0 Å². The summed E-state index contributed by atoms with van der Waals surface area (Å²) in [6.45, 7) is -0.396. The number of carbonyl (C=O) groups excluding carboxylic acids is 1. The van der Waals surface area contributed by atoms with Crippen molar-refractivity contribution >= 4 is 5.97 Å². The number of hydrogen-bond donors (Lipinski definition) is 1. The molecule has 2 aliphatic rings. The molecule has 0 amide bonds. The van der Waals surface area contributed by atoms with Crippen LogP contribution in [0.25, 0.3) is 0 Å². The number of esters is 1. The minimum atomic E-state index is -1.68. The summed E-state index contributed by atoms with van der Waals surface area (Å²) >= 11 is 0. The summed E-state index contributed by atoms with van der Waals surface area (Å²) in [5.41, 5.74) is -1.02. The van der Waals surface area contributed by atoms with Gasteiger partial charge < -0.3 is 14.6 Å². The molecule has 1 N–H and O–H groups in total. The van der Waals surface area contributed by atoms with E-state index in [0.29, 0.717) is 17.7 Å². The van der Waals surface area contributed by atoms with Crippen LogP contribution in [0.1, 0.15) is 24.3 Å². The number of fused-ring (bicyclic) bond motifs is 2. The molecule has 1 heterocycles. The highest BCUT2D eigenvalue weighted by atomic mass is 16.6. The Kier molecular flexibility index (Phi) is 3.52. The lowest BCUT2D eigenvalue weighted by Gasteiger charge is -2.46. The van der Waals surface area contributed by atoms with E-state index in [1.54, 1.807) is 24.3 Å². The average Bonchev–Trinajstić information content (AvgIpc) is 2.52. The first-order valence-corrected chi connectivity index (χ1v) is 7.14. The Balaban J connectivity index is 2.10. The van der Waals surface area contributed by atoms with Gasteiger partial charge in [-0.15, -0.1) is 0 Å². The molecule has 118 valence electrons. The molecule has 0 unspecified atom stereocenters. The molecule has 2 fully saturated rings. The van der Waals surface area contributed by atoms with Crippen LogP contribution in [0.4, 0.5) is 0 Å². The molecule has 22 heavy (non-hydrogen) atoms. The summed E-state index contributed by atoms with van der Waals surface area (Å²) in [7, 11) is 1.53. The van der Waals surface area contributed by atoms with Gasteiger partial charge in [0.25, 0.3) is 5.54 Å². The van der Waals surface area contributed by atoms with Crippen molar-refractivity contribution in [1.82, 2.24) is 0 Å². The van der Waals surface area contributed by atoms with Gasteiger partial charge in [-0.25, -0.2) is 0 Å². The Labute approximate surface area is 127 Å². The van der Waals surface area contributed by atoms with Gasteiger partial charge in [-0.1, -0.05) is 12.1 Å². The van der Waals surface area contributed by atoms with Gasteiger partial charge in [-0.3, -0.25) is 14.9 Å². The van der Waals surface area contributed by atoms with E-state index < -0.39 is 41.0 Å². The zero-order valence-electron chi connectivity index (χ0n) is 12.1. The van der Waals surface area contributed by atoms with Crippen LogP contribution in [-0.4, -0.2) is 41.4 Å². The molecule has 3 rings (SSSR count). The lowest BCUT2D eigenvalue weighted by atomic mass is 9.62. The third kappa shape index (κ3) is 1.96. The van der Waals surface area contributed by atoms with Crippen molar-refractivity contribution in [3.8, 4) is 5.75 Å². The number of rotatable bonds is 3. The Morgan fingerprint density at radius 2 is 2.05 bits per heavy atom. The number of aliphatic hydroxyl groups excluding tert-OH is 1. The van der Waals surface area contributed by atoms with Crippen LogP contribution < -0.4 is 4.74 Å². The number of benzene rings is 1. The van der Waals surface area contributed by atoms with Crippen molar-refractivity contribution < 1.29 is 24.3 Å². The molecule has 0 spiro atoms. The fraction of sp³-hybridized carbons (Fsp3) is 0.533. The van der Waals surface area contributed by atoms with Crippen LogP contribution in [-0.2, 0) is 9.53 Å². The molecule has 1 aromatic rings. The third-order valence-electron chi connectivity index (χ3n) is 4.83. The number of aliphatic hydroxyl groups is 1.